The Morgan fingerprint density at radius 3 is 2.54 bits per heavy atom. The average Bonchev–Trinajstić information content (AvgIpc) is 2.15. The molecule has 72 valence electrons. The van der Waals surface area contributed by atoms with Crippen molar-refractivity contribution in [1.29, 1.82) is 0 Å². The summed E-state index contributed by atoms with van der Waals surface area (Å²) in [7, 11) is 0. The second-order valence-corrected chi connectivity index (χ2v) is 4.11. The molecule has 0 N–H and O–H groups in total. The molecule has 2 nitrogen and oxygen atoms in total. The molecule has 0 saturated carbocycles. The predicted molar refractivity (Wildman–Crippen MR) is 54.3 cm³/mol. The van der Waals surface area contributed by atoms with Crippen LogP contribution in [0.2, 0.25) is 0 Å². The molecule has 1 unspecified atom stereocenters. The Hall–Kier alpha value is -0.380. The number of hydrogen-bond donors (Lipinski definition) is 0. The highest BCUT2D eigenvalue weighted by atomic mass is 35.5. The molecular weight excluding hydrogens is 208 g/mol. The maximum atomic E-state index is 11.3. The van der Waals surface area contributed by atoms with Crippen molar-refractivity contribution < 1.29 is 8.39 Å². The first-order valence-electron chi connectivity index (χ1n) is 3.91. The zero-order valence-corrected chi connectivity index (χ0v) is 8.90. The van der Waals surface area contributed by atoms with Gasteiger partial charge in [-0.25, -0.2) is 4.21 Å². The fraction of sp³-hybridized carbons (Fsp3) is 0.333. The van der Waals surface area contributed by atoms with Gasteiger partial charge in [-0.1, -0.05) is 17.7 Å². The van der Waals surface area contributed by atoms with Crippen LogP contribution in [0.3, 0.4) is 0 Å². The fourth-order valence-electron chi connectivity index (χ4n) is 0.825. The van der Waals surface area contributed by atoms with Crippen LogP contribution >= 0.6 is 11.6 Å². The Kier molecular flexibility index (Phi) is 4.42. The SMILES string of the molecule is Cc1ccc(S(=O)OCCCl)cc1. The average molecular weight is 219 g/mol. The third kappa shape index (κ3) is 3.46. The minimum Gasteiger partial charge on any atom is -0.285 e. The molecule has 0 aliphatic carbocycles. The van der Waals surface area contributed by atoms with Gasteiger partial charge in [0.05, 0.1) is 11.5 Å². The largest absolute Gasteiger partial charge is 0.285 e. The van der Waals surface area contributed by atoms with Crippen molar-refractivity contribution in [3.63, 3.8) is 0 Å². The Bertz CT molecular complexity index is 284. The monoisotopic (exact) mass is 218 g/mol. The van der Waals surface area contributed by atoms with Crippen LogP contribution < -0.4 is 0 Å². The summed E-state index contributed by atoms with van der Waals surface area (Å²) in [5, 5.41) is 0. The minimum atomic E-state index is -1.38. The van der Waals surface area contributed by atoms with Gasteiger partial charge < -0.3 is 0 Å². The second-order valence-electron chi connectivity index (χ2n) is 2.56. The predicted octanol–water partition coefficient (Wildman–Crippen LogP) is 2.27. The van der Waals surface area contributed by atoms with Crippen LogP contribution in [0.5, 0.6) is 0 Å². The first-order valence-corrected chi connectivity index (χ1v) is 5.52. The summed E-state index contributed by atoms with van der Waals surface area (Å²) in [4.78, 5) is 0.677. The van der Waals surface area contributed by atoms with Crippen LogP contribution in [0.15, 0.2) is 29.2 Å². The first kappa shape index (κ1) is 10.7. The lowest BCUT2D eigenvalue weighted by Gasteiger charge is -2.01. The molecule has 0 saturated heterocycles. The Balaban J connectivity index is 2.61. The van der Waals surface area contributed by atoms with Crippen LogP contribution in [0.4, 0.5) is 0 Å². The van der Waals surface area contributed by atoms with Gasteiger partial charge in [0.15, 0.2) is 11.1 Å². The van der Waals surface area contributed by atoms with Gasteiger partial charge in [-0.05, 0) is 19.1 Å². The Morgan fingerprint density at radius 1 is 1.38 bits per heavy atom. The van der Waals surface area contributed by atoms with E-state index in [0.29, 0.717) is 17.4 Å². The van der Waals surface area contributed by atoms with Crippen molar-refractivity contribution in [3.8, 4) is 0 Å². The van der Waals surface area contributed by atoms with Gasteiger partial charge >= 0.3 is 0 Å². The maximum absolute atomic E-state index is 11.3. The van der Waals surface area contributed by atoms with Gasteiger partial charge in [-0.3, -0.25) is 4.18 Å². The quantitative estimate of drug-likeness (QED) is 0.725. The Labute approximate surface area is 85.5 Å². The van der Waals surface area contributed by atoms with E-state index in [1.54, 1.807) is 12.1 Å². The van der Waals surface area contributed by atoms with Gasteiger partial charge in [0.1, 0.15) is 0 Å². The zero-order valence-electron chi connectivity index (χ0n) is 7.33. The topological polar surface area (TPSA) is 26.3 Å². The summed E-state index contributed by atoms with van der Waals surface area (Å²) in [6, 6.07) is 7.38. The van der Waals surface area contributed by atoms with E-state index in [9.17, 15) is 4.21 Å². The standard InChI is InChI=1S/C9H11ClO2S/c1-8-2-4-9(5-3-8)13(11)12-7-6-10/h2-5H,6-7H2,1H3. The summed E-state index contributed by atoms with van der Waals surface area (Å²) in [5.74, 6) is 0.359. The van der Waals surface area contributed by atoms with E-state index in [1.807, 2.05) is 19.1 Å². The molecule has 1 aromatic rings. The molecule has 1 aromatic carbocycles. The smallest absolute Gasteiger partial charge is 0.189 e. The van der Waals surface area contributed by atoms with Gasteiger partial charge in [0.2, 0.25) is 0 Å². The summed E-state index contributed by atoms with van der Waals surface area (Å²) in [6.07, 6.45) is 0. The summed E-state index contributed by atoms with van der Waals surface area (Å²) >= 11 is 4.02. The summed E-state index contributed by atoms with van der Waals surface area (Å²) in [5.41, 5.74) is 1.14. The lowest BCUT2D eigenvalue weighted by molar-refractivity contribution is 0.374. The molecular formula is C9H11ClO2S. The number of alkyl halides is 1. The van der Waals surface area contributed by atoms with Crippen LogP contribution in [0.1, 0.15) is 5.56 Å². The fourth-order valence-corrected chi connectivity index (χ4v) is 1.72. The van der Waals surface area contributed by atoms with E-state index >= 15 is 0 Å². The van der Waals surface area contributed by atoms with Gasteiger partial charge in [-0.15, -0.1) is 11.6 Å². The third-order valence-corrected chi connectivity index (χ3v) is 2.67. The molecule has 1 atom stereocenters. The molecule has 0 aliphatic heterocycles. The van der Waals surface area contributed by atoms with Gasteiger partial charge in [0, 0.05) is 5.88 Å². The van der Waals surface area contributed by atoms with E-state index in [1.165, 1.54) is 0 Å². The number of benzene rings is 1. The van der Waals surface area contributed by atoms with E-state index < -0.39 is 11.1 Å². The van der Waals surface area contributed by atoms with Crippen LogP contribution in [-0.4, -0.2) is 16.7 Å². The first-order chi connectivity index (χ1) is 6.24. The Morgan fingerprint density at radius 2 is 2.00 bits per heavy atom. The van der Waals surface area contributed by atoms with E-state index in [4.69, 9.17) is 15.8 Å². The third-order valence-electron chi connectivity index (χ3n) is 1.48. The van der Waals surface area contributed by atoms with Crippen molar-refractivity contribution >= 4 is 22.7 Å². The normalized spacial score (nSPS) is 12.8. The van der Waals surface area contributed by atoms with Crippen molar-refractivity contribution in [3.05, 3.63) is 29.8 Å². The van der Waals surface area contributed by atoms with Crippen molar-refractivity contribution in [2.75, 3.05) is 12.5 Å². The molecule has 0 aromatic heterocycles. The van der Waals surface area contributed by atoms with Crippen molar-refractivity contribution in [1.82, 2.24) is 0 Å². The number of halogens is 1. The highest BCUT2D eigenvalue weighted by Crippen LogP contribution is 2.08. The molecule has 0 heterocycles. The lowest BCUT2D eigenvalue weighted by Crippen LogP contribution is -2.00. The van der Waals surface area contributed by atoms with E-state index in [0.717, 1.165) is 5.56 Å². The number of rotatable bonds is 4. The van der Waals surface area contributed by atoms with Crippen LogP contribution in [-0.2, 0) is 15.3 Å². The number of aryl methyl sites for hydroxylation is 1. The molecule has 0 fully saturated rings. The number of hydrogen-bond acceptors (Lipinski definition) is 2. The zero-order chi connectivity index (χ0) is 9.68. The maximum Gasteiger partial charge on any atom is 0.189 e. The van der Waals surface area contributed by atoms with Crippen LogP contribution in [0.25, 0.3) is 0 Å². The highest BCUT2D eigenvalue weighted by Gasteiger charge is 2.02. The molecule has 13 heavy (non-hydrogen) atoms. The molecule has 0 amide bonds. The molecule has 4 heteroatoms. The summed E-state index contributed by atoms with van der Waals surface area (Å²) in [6.45, 7) is 2.29. The second kappa shape index (κ2) is 5.37. The van der Waals surface area contributed by atoms with Gasteiger partial charge in [0.25, 0.3) is 0 Å². The van der Waals surface area contributed by atoms with Crippen molar-refractivity contribution in [2.24, 2.45) is 0 Å². The van der Waals surface area contributed by atoms with Crippen LogP contribution in [0, 0.1) is 6.92 Å². The molecule has 0 radical (unpaired) electrons. The van der Waals surface area contributed by atoms with Crippen molar-refractivity contribution in [2.45, 2.75) is 11.8 Å². The minimum absolute atomic E-state index is 0.308. The van der Waals surface area contributed by atoms with Gasteiger partial charge in [-0.2, -0.15) is 0 Å². The summed E-state index contributed by atoms with van der Waals surface area (Å²) < 4.78 is 16.3. The molecule has 0 bridgehead atoms. The van der Waals surface area contributed by atoms with E-state index in [-0.39, 0.29) is 0 Å². The molecule has 1 rings (SSSR count). The lowest BCUT2D eigenvalue weighted by atomic mass is 10.2. The highest BCUT2D eigenvalue weighted by molar-refractivity contribution is 7.80. The molecule has 0 spiro atoms. The molecule has 0 aliphatic rings. The van der Waals surface area contributed by atoms with E-state index in [2.05, 4.69) is 0 Å².